The molecule has 17 heavy (non-hydrogen) atoms. The van der Waals surface area contributed by atoms with Gasteiger partial charge in [-0.3, -0.25) is 0 Å². The normalized spacial score (nSPS) is 10.6. The minimum absolute atomic E-state index is 0.784. The summed E-state index contributed by atoms with van der Waals surface area (Å²) in [6.07, 6.45) is 1.96. The van der Waals surface area contributed by atoms with Crippen molar-refractivity contribution >= 4 is 0 Å². The first-order valence-corrected chi connectivity index (χ1v) is 6.03. The van der Waals surface area contributed by atoms with Crippen molar-refractivity contribution in [2.45, 2.75) is 26.3 Å². The summed E-state index contributed by atoms with van der Waals surface area (Å²) in [6.45, 7) is 3.95. The molecule has 1 heterocycles. The van der Waals surface area contributed by atoms with Crippen molar-refractivity contribution in [3.05, 3.63) is 47.3 Å². The molecule has 0 unspecified atom stereocenters. The Morgan fingerprint density at radius 2 is 1.88 bits per heavy atom. The first kappa shape index (κ1) is 11.8. The Hall–Kier alpha value is -1.68. The van der Waals surface area contributed by atoms with E-state index in [1.54, 1.807) is 0 Å². The molecule has 0 aliphatic rings. The van der Waals surface area contributed by atoms with Gasteiger partial charge in [0.05, 0.1) is 11.4 Å². The summed E-state index contributed by atoms with van der Waals surface area (Å²) in [5.41, 5.74) is 3.31. The predicted octanol–water partition coefficient (Wildman–Crippen LogP) is 1.90. The average molecular weight is 230 g/mol. The minimum Gasteiger partial charge on any atom is -0.311 e. The van der Waals surface area contributed by atoms with E-state index in [1.807, 2.05) is 18.2 Å². The van der Waals surface area contributed by atoms with Crippen LogP contribution in [0.4, 0.5) is 0 Å². The van der Waals surface area contributed by atoms with Crippen LogP contribution in [0.3, 0.4) is 0 Å². The van der Waals surface area contributed by atoms with E-state index in [0.717, 1.165) is 37.3 Å². The van der Waals surface area contributed by atoms with Gasteiger partial charge in [-0.15, -0.1) is 0 Å². The summed E-state index contributed by atoms with van der Waals surface area (Å²) in [5, 5.41) is 14.4. The van der Waals surface area contributed by atoms with Crippen molar-refractivity contribution in [1.29, 1.82) is 0 Å². The van der Waals surface area contributed by atoms with E-state index >= 15 is 0 Å². The summed E-state index contributed by atoms with van der Waals surface area (Å²) in [4.78, 5) is 0. The summed E-state index contributed by atoms with van der Waals surface area (Å²) >= 11 is 0. The number of rotatable bonds is 6. The highest BCUT2D eigenvalue weighted by Gasteiger charge is 2.07. The number of aromatic amines is 1. The Labute approximate surface area is 101 Å². The van der Waals surface area contributed by atoms with E-state index in [-0.39, 0.29) is 0 Å². The van der Waals surface area contributed by atoms with Crippen LogP contribution in [0.25, 0.3) is 0 Å². The van der Waals surface area contributed by atoms with Crippen molar-refractivity contribution in [3.8, 4) is 0 Å². The lowest BCUT2D eigenvalue weighted by molar-refractivity contribution is 0.659. The van der Waals surface area contributed by atoms with Gasteiger partial charge in [0, 0.05) is 13.0 Å². The van der Waals surface area contributed by atoms with Crippen LogP contribution in [0.15, 0.2) is 30.3 Å². The molecule has 0 aliphatic heterocycles. The lowest BCUT2D eigenvalue weighted by atomic mass is 10.1. The molecule has 1 aromatic carbocycles. The van der Waals surface area contributed by atoms with Crippen molar-refractivity contribution in [3.63, 3.8) is 0 Å². The fraction of sp³-hybridized carbons (Fsp3) is 0.385. The van der Waals surface area contributed by atoms with Gasteiger partial charge in [0.25, 0.3) is 0 Å². The first-order valence-electron chi connectivity index (χ1n) is 6.03. The van der Waals surface area contributed by atoms with E-state index < -0.39 is 0 Å². The monoisotopic (exact) mass is 230 g/mol. The molecule has 2 aromatic rings. The maximum atomic E-state index is 4.21. The van der Waals surface area contributed by atoms with Crippen molar-refractivity contribution in [1.82, 2.24) is 20.7 Å². The zero-order chi connectivity index (χ0) is 11.9. The van der Waals surface area contributed by atoms with Crippen LogP contribution in [-0.2, 0) is 13.0 Å². The molecule has 0 saturated carbocycles. The molecule has 0 radical (unpaired) electrons. The molecular formula is C13H18N4. The molecule has 0 fully saturated rings. The highest BCUT2D eigenvalue weighted by Crippen LogP contribution is 2.09. The second-order valence-electron chi connectivity index (χ2n) is 4.06. The predicted molar refractivity (Wildman–Crippen MR) is 67.6 cm³/mol. The lowest BCUT2D eigenvalue weighted by Gasteiger charge is -2.02. The molecule has 90 valence electrons. The van der Waals surface area contributed by atoms with Gasteiger partial charge < -0.3 is 5.32 Å². The number of aromatic nitrogens is 3. The van der Waals surface area contributed by atoms with Gasteiger partial charge in [-0.1, -0.05) is 37.3 Å². The van der Waals surface area contributed by atoms with E-state index in [4.69, 9.17) is 0 Å². The number of hydrogen-bond acceptors (Lipinski definition) is 3. The topological polar surface area (TPSA) is 53.6 Å². The number of nitrogens with one attached hydrogen (secondary N) is 2. The Kier molecular flexibility index (Phi) is 4.27. The zero-order valence-electron chi connectivity index (χ0n) is 10.1. The summed E-state index contributed by atoms with van der Waals surface area (Å²) in [6, 6.07) is 10.3. The number of H-pyrrole nitrogens is 1. The van der Waals surface area contributed by atoms with Crippen LogP contribution in [0.5, 0.6) is 0 Å². The summed E-state index contributed by atoms with van der Waals surface area (Å²) < 4.78 is 0. The van der Waals surface area contributed by atoms with Gasteiger partial charge in [0.1, 0.15) is 0 Å². The van der Waals surface area contributed by atoms with Crippen LogP contribution in [-0.4, -0.2) is 22.0 Å². The molecule has 0 spiro atoms. The SMILES string of the molecule is CCCNCc1n[nH]nc1Cc1ccccc1. The molecule has 4 heteroatoms. The molecule has 0 bridgehead atoms. The molecule has 2 N–H and O–H groups in total. The third-order valence-electron chi connectivity index (χ3n) is 2.64. The van der Waals surface area contributed by atoms with E-state index in [1.165, 1.54) is 5.56 Å². The van der Waals surface area contributed by atoms with Crippen LogP contribution in [0, 0.1) is 0 Å². The minimum atomic E-state index is 0.784. The van der Waals surface area contributed by atoms with E-state index in [2.05, 4.69) is 39.8 Å². The number of nitrogens with zero attached hydrogens (tertiary/aromatic N) is 2. The van der Waals surface area contributed by atoms with Gasteiger partial charge in [0.2, 0.25) is 0 Å². The molecule has 0 aliphatic carbocycles. The standard InChI is InChI=1S/C13H18N4/c1-2-8-14-10-13-12(15-17-16-13)9-11-6-4-3-5-7-11/h3-7,14H,2,8-10H2,1H3,(H,15,16,17). The summed E-state index contributed by atoms with van der Waals surface area (Å²) in [5.74, 6) is 0. The third-order valence-corrected chi connectivity index (χ3v) is 2.64. The van der Waals surface area contributed by atoms with E-state index in [0.29, 0.717) is 0 Å². The average Bonchev–Trinajstić information content (AvgIpc) is 2.79. The van der Waals surface area contributed by atoms with Gasteiger partial charge >= 0.3 is 0 Å². The zero-order valence-corrected chi connectivity index (χ0v) is 10.1. The van der Waals surface area contributed by atoms with E-state index in [9.17, 15) is 0 Å². The van der Waals surface area contributed by atoms with Crippen molar-refractivity contribution < 1.29 is 0 Å². The first-order chi connectivity index (χ1) is 8.40. The van der Waals surface area contributed by atoms with Crippen molar-refractivity contribution in [2.75, 3.05) is 6.54 Å². The van der Waals surface area contributed by atoms with Crippen LogP contribution in [0.1, 0.15) is 30.3 Å². The highest BCUT2D eigenvalue weighted by atomic mass is 15.3. The van der Waals surface area contributed by atoms with Crippen LogP contribution in [0.2, 0.25) is 0 Å². The quantitative estimate of drug-likeness (QED) is 0.745. The largest absolute Gasteiger partial charge is 0.311 e. The second kappa shape index (κ2) is 6.15. The fourth-order valence-corrected chi connectivity index (χ4v) is 1.73. The third kappa shape index (κ3) is 3.39. The lowest BCUT2D eigenvalue weighted by Crippen LogP contribution is -2.15. The molecular weight excluding hydrogens is 212 g/mol. The Balaban J connectivity index is 1.99. The summed E-state index contributed by atoms with van der Waals surface area (Å²) in [7, 11) is 0. The maximum absolute atomic E-state index is 4.21. The van der Waals surface area contributed by atoms with Gasteiger partial charge in [0.15, 0.2) is 0 Å². The van der Waals surface area contributed by atoms with Crippen molar-refractivity contribution in [2.24, 2.45) is 0 Å². The Bertz CT molecular complexity index is 436. The van der Waals surface area contributed by atoms with Gasteiger partial charge in [-0.25, -0.2) is 0 Å². The maximum Gasteiger partial charge on any atom is 0.0997 e. The fourth-order valence-electron chi connectivity index (χ4n) is 1.73. The van der Waals surface area contributed by atoms with Crippen LogP contribution >= 0.6 is 0 Å². The highest BCUT2D eigenvalue weighted by molar-refractivity contribution is 5.23. The number of benzene rings is 1. The molecule has 2 rings (SSSR count). The Morgan fingerprint density at radius 1 is 1.12 bits per heavy atom. The number of hydrogen-bond donors (Lipinski definition) is 2. The second-order valence-corrected chi connectivity index (χ2v) is 4.06. The van der Waals surface area contributed by atoms with Gasteiger partial charge in [-0.05, 0) is 18.5 Å². The Morgan fingerprint density at radius 3 is 2.65 bits per heavy atom. The molecule has 4 nitrogen and oxygen atoms in total. The molecule has 0 amide bonds. The molecule has 0 saturated heterocycles. The smallest absolute Gasteiger partial charge is 0.0997 e. The molecule has 0 atom stereocenters. The molecule has 1 aromatic heterocycles. The van der Waals surface area contributed by atoms with Crippen LogP contribution < -0.4 is 5.32 Å². The van der Waals surface area contributed by atoms with Gasteiger partial charge in [-0.2, -0.15) is 15.4 Å².